The number of anilines is 1. The first kappa shape index (κ1) is 22.0. The van der Waals surface area contributed by atoms with Crippen molar-refractivity contribution in [3.63, 3.8) is 0 Å². The van der Waals surface area contributed by atoms with Gasteiger partial charge in [0, 0.05) is 42.1 Å². The van der Waals surface area contributed by atoms with Crippen molar-refractivity contribution in [3.05, 3.63) is 59.4 Å². The second-order valence-electron chi connectivity index (χ2n) is 7.13. The molecule has 0 saturated carbocycles. The Bertz CT molecular complexity index is 1260. The van der Waals surface area contributed by atoms with Crippen LogP contribution in [0.5, 0.6) is 0 Å². The number of sulfonamides is 1. The molecule has 0 unspecified atom stereocenters. The topological polar surface area (TPSA) is 127 Å². The van der Waals surface area contributed by atoms with Crippen molar-refractivity contribution in [2.24, 2.45) is 4.99 Å². The lowest BCUT2D eigenvalue weighted by molar-refractivity contribution is -0.116. The number of halogens is 1. The van der Waals surface area contributed by atoms with E-state index in [9.17, 15) is 13.2 Å². The summed E-state index contributed by atoms with van der Waals surface area (Å²) in [7, 11) is -3.76. The maximum atomic E-state index is 12.5. The second-order valence-corrected chi connectivity index (χ2v) is 9.25. The molecule has 2 aromatic carbocycles. The summed E-state index contributed by atoms with van der Waals surface area (Å²) in [4.78, 5) is 20.8. The number of rotatable bonds is 7. The van der Waals surface area contributed by atoms with Gasteiger partial charge in [0.2, 0.25) is 17.6 Å². The minimum atomic E-state index is -3.76. The zero-order chi connectivity index (χ0) is 22.6. The number of amides is 1. The summed E-state index contributed by atoms with van der Waals surface area (Å²) in [6.45, 7) is 0.620. The normalized spacial score (nSPS) is 13.6. The van der Waals surface area contributed by atoms with Gasteiger partial charge in [0.15, 0.2) is 0 Å². The molecule has 1 aliphatic heterocycles. The van der Waals surface area contributed by atoms with Crippen LogP contribution in [0.2, 0.25) is 5.02 Å². The Morgan fingerprint density at radius 1 is 1.16 bits per heavy atom. The van der Waals surface area contributed by atoms with Gasteiger partial charge < -0.3 is 9.84 Å². The van der Waals surface area contributed by atoms with Crippen LogP contribution in [0.1, 0.15) is 25.2 Å². The van der Waals surface area contributed by atoms with E-state index < -0.39 is 10.0 Å². The fraction of sp³-hybridized carbons (Fsp3) is 0.238. The van der Waals surface area contributed by atoms with Crippen molar-refractivity contribution in [1.29, 1.82) is 0 Å². The first-order chi connectivity index (χ1) is 15.4. The Balaban J connectivity index is 1.34. The number of carbonyl (C=O) groups excluding carboxylic acids is 1. The monoisotopic (exact) mass is 473 g/mol. The van der Waals surface area contributed by atoms with E-state index in [0.717, 1.165) is 12.0 Å². The molecule has 0 atom stereocenters. The number of carbonyl (C=O) groups is 1. The SMILES string of the molecule is O=C(CCc1nc(-c2ccc(Cl)cc2)no1)Nc1cccc(S(=O)(=O)NC2=NCCC2)c1. The number of aliphatic imine (C=N–C) groups is 1. The fourth-order valence-corrected chi connectivity index (χ4v) is 4.35. The predicted molar refractivity (Wildman–Crippen MR) is 120 cm³/mol. The van der Waals surface area contributed by atoms with Crippen LogP contribution in [0.15, 0.2) is 62.9 Å². The van der Waals surface area contributed by atoms with Crippen molar-refractivity contribution in [2.45, 2.75) is 30.6 Å². The summed E-state index contributed by atoms with van der Waals surface area (Å²) in [5.74, 6) is 0.883. The molecule has 1 amide bonds. The maximum absolute atomic E-state index is 12.5. The number of hydrogen-bond acceptors (Lipinski definition) is 7. The lowest BCUT2D eigenvalue weighted by Crippen LogP contribution is -2.29. The number of nitrogens with one attached hydrogen (secondary N) is 2. The van der Waals surface area contributed by atoms with Gasteiger partial charge in [-0.3, -0.25) is 14.5 Å². The lowest BCUT2D eigenvalue weighted by Gasteiger charge is -2.10. The number of nitrogens with zero attached hydrogens (tertiary/aromatic N) is 3. The highest BCUT2D eigenvalue weighted by molar-refractivity contribution is 7.90. The van der Waals surface area contributed by atoms with Crippen LogP contribution in [0, 0.1) is 0 Å². The number of aryl methyl sites for hydroxylation is 1. The smallest absolute Gasteiger partial charge is 0.262 e. The standard InChI is InChI=1S/C21H20ClN5O4S/c22-15-8-6-14(7-9-15)21-25-20(31-26-21)11-10-19(28)24-16-3-1-4-17(13-16)32(29,30)27-18-5-2-12-23-18/h1,3-4,6-9,13H,2,5,10-12H2,(H,23,27)(H,24,28). The predicted octanol–water partition coefficient (Wildman–Crippen LogP) is 3.43. The highest BCUT2D eigenvalue weighted by atomic mass is 35.5. The quantitative estimate of drug-likeness (QED) is 0.541. The van der Waals surface area contributed by atoms with Crippen LogP contribution in [0.4, 0.5) is 5.69 Å². The first-order valence-electron chi connectivity index (χ1n) is 9.94. The van der Waals surface area contributed by atoms with Gasteiger partial charge in [-0.15, -0.1) is 0 Å². The van der Waals surface area contributed by atoms with E-state index in [0.29, 0.717) is 41.2 Å². The van der Waals surface area contributed by atoms with E-state index in [1.807, 2.05) is 0 Å². The summed E-state index contributed by atoms with van der Waals surface area (Å²) >= 11 is 5.88. The van der Waals surface area contributed by atoms with Gasteiger partial charge in [0.1, 0.15) is 5.84 Å². The van der Waals surface area contributed by atoms with E-state index in [1.165, 1.54) is 12.1 Å². The average Bonchev–Trinajstić information content (AvgIpc) is 3.45. The number of benzene rings is 2. The molecule has 166 valence electrons. The summed E-state index contributed by atoms with van der Waals surface area (Å²) in [6, 6.07) is 13.1. The van der Waals surface area contributed by atoms with Gasteiger partial charge in [-0.05, 0) is 48.9 Å². The summed E-state index contributed by atoms with van der Waals surface area (Å²) in [6.07, 6.45) is 1.76. The molecule has 2 N–H and O–H groups in total. The first-order valence-corrected chi connectivity index (χ1v) is 11.8. The molecule has 2 heterocycles. The van der Waals surface area contributed by atoms with Crippen molar-refractivity contribution < 1.29 is 17.7 Å². The van der Waals surface area contributed by atoms with Crippen LogP contribution in [0.25, 0.3) is 11.4 Å². The van der Waals surface area contributed by atoms with Gasteiger partial charge in [0.05, 0.1) is 4.90 Å². The Hall–Kier alpha value is -3.24. The second kappa shape index (κ2) is 9.49. The Morgan fingerprint density at radius 2 is 1.97 bits per heavy atom. The molecule has 0 fully saturated rings. The minimum Gasteiger partial charge on any atom is -0.339 e. The van der Waals surface area contributed by atoms with E-state index in [2.05, 4.69) is 25.2 Å². The van der Waals surface area contributed by atoms with Crippen LogP contribution >= 0.6 is 11.6 Å². The zero-order valence-electron chi connectivity index (χ0n) is 16.9. The molecular formula is C21H20ClN5O4S. The number of hydrogen-bond donors (Lipinski definition) is 2. The van der Waals surface area contributed by atoms with Crippen molar-refractivity contribution in [3.8, 4) is 11.4 Å². The lowest BCUT2D eigenvalue weighted by atomic mass is 10.2. The zero-order valence-corrected chi connectivity index (χ0v) is 18.5. The Labute approximate surface area is 189 Å². The van der Waals surface area contributed by atoms with E-state index in [-0.39, 0.29) is 23.6 Å². The molecule has 0 bridgehead atoms. The average molecular weight is 474 g/mol. The fourth-order valence-electron chi connectivity index (χ4n) is 3.09. The Morgan fingerprint density at radius 3 is 2.72 bits per heavy atom. The molecule has 3 aromatic rings. The third-order valence-corrected chi connectivity index (χ3v) is 6.32. The van der Waals surface area contributed by atoms with Crippen molar-refractivity contribution in [1.82, 2.24) is 14.9 Å². The minimum absolute atomic E-state index is 0.0504. The molecule has 1 aromatic heterocycles. The molecule has 0 saturated heterocycles. The van der Waals surface area contributed by atoms with Gasteiger partial charge >= 0.3 is 0 Å². The summed E-state index contributed by atoms with van der Waals surface area (Å²) in [5.41, 5.74) is 1.13. The molecule has 32 heavy (non-hydrogen) atoms. The maximum Gasteiger partial charge on any atom is 0.262 e. The molecule has 4 rings (SSSR count). The van der Waals surface area contributed by atoms with Crippen molar-refractivity contribution in [2.75, 3.05) is 11.9 Å². The van der Waals surface area contributed by atoms with Gasteiger partial charge in [-0.2, -0.15) is 4.98 Å². The molecule has 0 spiro atoms. The highest BCUT2D eigenvalue weighted by Gasteiger charge is 2.19. The Kier molecular flexibility index (Phi) is 6.52. The third kappa shape index (κ3) is 5.51. The molecule has 0 radical (unpaired) electrons. The van der Waals surface area contributed by atoms with E-state index in [4.69, 9.17) is 16.1 Å². The molecule has 11 heteroatoms. The van der Waals surface area contributed by atoms with Crippen LogP contribution < -0.4 is 10.0 Å². The summed E-state index contributed by atoms with van der Waals surface area (Å²) < 4.78 is 32.8. The van der Waals surface area contributed by atoms with Gasteiger partial charge in [-0.25, -0.2) is 8.42 Å². The van der Waals surface area contributed by atoms with E-state index >= 15 is 0 Å². The van der Waals surface area contributed by atoms with Crippen molar-refractivity contribution >= 4 is 39.1 Å². The van der Waals surface area contributed by atoms with Crippen LogP contribution in [-0.4, -0.2) is 36.8 Å². The number of aromatic nitrogens is 2. The molecular weight excluding hydrogens is 454 g/mol. The largest absolute Gasteiger partial charge is 0.339 e. The summed E-state index contributed by atoms with van der Waals surface area (Å²) in [5, 5.41) is 7.22. The molecule has 9 nitrogen and oxygen atoms in total. The van der Waals surface area contributed by atoms with Crippen LogP contribution in [0.3, 0.4) is 0 Å². The molecule has 1 aliphatic rings. The van der Waals surface area contributed by atoms with Crippen LogP contribution in [-0.2, 0) is 21.2 Å². The molecule has 0 aliphatic carbocycles. The highest BCUT2D eigenvalue weighted by Crippen LogP contribution is 2.20. The number of amidine groups is 1. The van der Waals surface area contributed by atoms with Gasteiger partial charge in [-0.1, -0.05) is 22.8 Å². The van der Waals surface area contributed by atoms with Gasteiger partial charge in [0.25, 0.3) is 10.0 Å². The third-order valence-electron chi connectivity index (χ3n) is 4.69. The van der Waals surface area contributed by atoms with E-state index in [1.54, 1.807) is 36.4 Å².